The van der Waals surface area contributed by atoms with Gasteiger partial charge in [0.2, 0.25) is 0 Å². The van der Waals surface area contributed by atoms with Crippen LogP contribution in [0.1, 0.15) is 60.9 Å². The van der Waals surface area contributed by atoms with E-state index in [-0.39, 0.29) is 22.7 Å². The molecule has 2 aromatic carbocycles. The quantitative estimate of drug-likeness (QED) is 0.0937. The van der Waals surface area contributed by atoms with Crippen molar-refractivity contribution in [1.82, 2.24) is 0 Å². The molecule has 0 unspecified atom stereocenters. The SMILES string of the molecule is C#CC(C#N)=C1/C(=C/c2cc3c(s2)-c2sc(/C=C4\C(=O)c5ccccc5C4=C(C#N)C#N)cc2[Si]32CCCCC2)C(=O)c2ccccc21. The summed E-state index contributed by atoms with van der Waals surface area (Å²) in [6.45, 7) is 0. The molecular weight excluding hydrogens is 647 g/mol. The van der Waals surface area contributed by atoms with Crippen LogP contribution in [0.3, 0.4) is 0 Å². The summed E-state index contributed by atoms with van der Waals surface area (Å²) < 4.78 is 0. The molecule has 2 aliphatic carbocycles. The van der Waals surface area contributed by atoms with Crippen molar-refractivity contribution in [2.24, 2.45) is 0 Å². The molecule has 0 radical (unpaired) electrons. The van der Waals surface area contributed by atoms with Crippen molar-refractivity contribution >= 4 is 76.0 Å². The predicted octanol–water partition coefficient (Wildman–Crippen LogP) is 7.81. The van der Waals surface area contributed by atoms with Crippen LogP contribution in [0.15, 0.2) is 83.0 Å². The van der Waals surface area contributed by atoms with Crippen LogP contribution in [0.5, 0.6) is 0 Å². The van der Waals surface area contributed by atoms with E-state index in [9.17, 15) is 25.4 Å². The molecule has 48 heavy (non-hydrogen) atoms. The van der Waals surface area contributed by atoms with Crippen molar-refractivity contribution in [3.05, 3.63) is 115 Å². The Morgan fingerprint density at radius 3 is 1.54 bits per heavy atom. The minimum Gasteiger partial charge on any atom is -0.289 e. The number of benzene rings is 2. The summed E-state index contributed by atoms with van der Waals surface area (Å²) in [6.07, 6.45) is 13.0. The number of rotatable bonds is 2. The Kier molecular flexibility index (Phi) is 6.99. The third-order valence-corrected chi connectivity index (χ3v) is 17.9. The summed E-state index contributed by atoms with van der Waals surface area (Å²) in [5.41, 5.74) is 4.19. The summed E-state index contributed by atoms with van der Waals surface area (Å²) in [7, 11) is -2.12. The number of thiophene rings is 2. The molecule has 0 saturated carbocycles. The van der Waals surface area contributed by atoms with Crippen LogP contribution in [0.25, 0.3) is 33.1 Å². The van der Waals surface area contributed by atoms with E-state index in [4.69, 9.17) is 6.42 Å². The Balaban J connectivity index is 1.28. The van der Waals surface area contributed by atoms with E-state index in [2.05, 4.69) is 24.1 Å². The lowest BCUT2D eigenvalue weighted by Crippen LogP contribution is -2.55. The fraction of sp³-hybridized carbons (Fsp3) is 0.125. The molecule has 8 heteroatoms. The number of Topliss-reactive ketones (excluding diaryl/α,β-unsaturated/α-hetero) is 2. The lowest BCUT2D eigenvalue weighted by atomic mass is 9.99. The number of ketones is 2. The molecule has 226 valence electrons. The van der Waals surface area contributed by atoms with E-state index in [1.165, 1.54) is 26.5 Å². The zero-order chi connectivity index (χ0) is 33.2. The lowest BCUT2D eigenvalue weighted by molar-refractivity contribution is 0.103. The van der Waals surface area contributed by atoms with Crippen molar-refractivity contribution in [2.75, 3.05) is 0 Å². The number of allylic oxidation sites excluding steroid dienone is 6. The molecule has 5 nitrogen and oxygen atoms in total. The fourth-order valence-corrected chi connectivity index (χ4v) is 17.2. The number of carbonyl (C=O) groups is 2. The maximum absolute atomic E-state index is 13.7. The van der Waals surface area contributed by atoms with E-state index in [1.54, 1.807) is 46.9 Å². The van der Waals surface area contributed by atoms with Gasteiger partial charge in [0.15, 0.2) is 11.6 Å². The molecule has 0 atom stereocenters. The van der Waals surface area contributed by atoms with Gasteiger partial charge in [0.25, 0.3) is 0 Å². The van der Waals surface area contributed by atoms with Crippen LogP contribution < -0.4 is 10.4 Å². The van der Waals surface area contributed by atoms with Crippen molar-refractivity contribution in [3.8, 4) is 40.3 Å². The maximum Gasteiger partial charge on any atom is 0.194 e. The van der Waals surface area contributed by atoms with E-state index >= 15 is 0 Å². The first-order valence-corrected chi connectivity index (χ1v) is 19.7. The Morgan fingerprint density at radius 2 is 1.10 bits per heavy atom. The minimum atomic E-state index is -2.12. The van der Waals surface area contributed by atoms with Gasteiger partial charge < -0.3 is 0 Å². The first-order valence-electron chi connectivity index (χ1n) is 15.6. The van der Waals surface area contributed by atoms with Crippen molar-refractivity contribution in [3.63, 3.8) is 0 Å². The third kappa shape index (κ3) is 4.18. The van der Waals surface area contributed by atoms with Crippen LogP contribution in [-0.4, -0.2) is 19.6 Å². The van der Waals surface area contributed by atoms with Crippen molar-refractivity contribution in [2.45, 2.75) is 31.4 Å². The molecule has 1 saturated heterocycles. The molecule has 0 amide bonds. The van der Waals surface area contributed by atoms with Crippen LogP contribution in [0, 0.1) is 46.3 Å². The zero-order valence-corrected chi connectivity index (χ0v) is 28.1. The van der Waals surface area contributed by atoms with E-state index in [0.717, 1.165) is 34.7 Å². The van der Waals surface area contributed by atoms with E-state index < -0.39 is 8.07 Å². The van der Waals surface area contributed by atoms with Gasteiger partial charge in [-0.25, -0.2) is 0 Å². The highest BCUT2D eigenvalue weighted by molar-refractivity contribution is 7.29. The van der Waals surface area contributed by atoms with Crippen molar-refractivity contribution < 1.29 is 9.59 Å². The number of hydrogen-bond donors (Lipinski definition) is 0. The molecule has 4 aromatic rings. The van der Waals surface area contributed by atoms with Gasteiger partial charge in [0.1, 0.15) is 37.4 Å². The molecule has 0 N–H and O–H groups in total. The summed E-state index contributed by atoms with van der Waals surface area (Å²) in [5, 5.41) is 32.2. The predicted molar refractivity (Wildman–Crippen MR) is 193 cm³/mol. The summed E-state index contributed by atoms with van der Waals surface area (Å²) in [4.78, 5) is 31.6. The highest BCUT2D eigenvalue weighted by atomic mass is 32.1. The Labute approximate surface area is 286 Å². The second-order valence-electron chi connectivity index (χ2n) is 12.3. The molecule has 4 heterocycles. The number of fused-ring (bicyclic) bond motifs is 7. The maximum atomic E-state index is 13.7. The first-order chi connectivity index (χ1) is 23.4. The van der Waals surface area contributed by atoms with Crippen LogP contribution in [-0.2, 0) is 0 Å². The number of nitrogens with zero attached hydrogens (tertiary/aromatic N) is 3. The summed E-state index contributed by atoms with van der Waals surface area (Å²) in [6, 6.07) is 27.4. The van der Waals surface area contributed by atoms with Crippen LogP contribution >= 0.6 is 22.7 Å². The standard InChI is InChI=1S/C40H23N3O2S2Si/c1-2-23(20-41)35-27-10-4-6-12-29(27)37(44)31(35)16-25-18-33-39(46-25)40-34(48(33)14-8-3-9-15-48)19-26(47-40)17-32-36(24(21-42)22-43)28-11-5-7-13-30(28)38(32)45/h1,4-7,10-13,16-19H,3,8-9,14-15H2/b31-16-,32-17-,35-23?. The normalized spacial score (nSPS) is 19.3. The van der Waals surface area contributed by atoms with Crippen LogP contribution in [0.2, 0.25) is 12.1 Å². The fourth-order valence-electron chi connectivity index (χ4n) is 7.85. The molecule has 1 fully saturated rings. The van der Waals surface area contributed by atoms with Gasteiger partial charge in [0.05, 0.1) is 0 Å². The molecule has 2 aromatic heterocycles. The number of terminal acetylenes is 1. The molecule has 8 rings (SSSR count). The first kappa shape index (κ1) is 29.8. The second-order valence-corrected chi connectivity index (χ2v) is 18.7. The molecule has 0 bridgehead atoms. The van der Waals surface area contributed by atoms with Gasteiger partial charge in [-0.1, -0.05) is 73.7 Å². The van der Waals surface area contributed by atoms with Gasteiger partial charge in [-0.15, -0.1) is 29.1 Å². The number of carbonyl (C=O) groups excluding carboxylic acids is 2. The minimum absolute atomic E-state index is 0.0681. The third-order valence-electron chi connectivity index (χ3n) is 9.91. The molecule has 2 aliphatic heterocycles. The summed E-state index contributed by atoms with van der Waals surface area (Å²) >= 11 is 3.31. The lowest BCUT2D eigenvalue weighted by Gasteiger charge is -2.32. The summed E-state index contributed by atoms with van der Waals surface area (Å²) in [5.74, 6) is 2.19. The van der Waals surface area contributed by atoms with Crippen LogP contribution in [0.4, 0.5) is 0 Å². The largest absolute Gasteiger partial charge is 0.289 e. The average molecular weight is 670 g/mol. The average Bonchev–Trinajstić information content (AvgIpc) is 3.90. The second kappa shape index (κ2) is 11.3. The monoisotopic (exact) mass is 669 g/mol. The Morgan fingerprint density at radius 1 is 0.667 bits per heavy atom. The smallest absolute Gasteiger partial charge is 0.194 e. The van der Waals surface area contributed by atoms with E-state index in [1.807, 2.05) is 48.6 Å². The van der Waals surface area contributed by atoms with Gasteiger partial charge in [-0.3, -0.25) is 9.59 Å². The van der Waals surface area contributed by atoms with E-state index in [0.29, 0.717) is 44.5 Å². The molecule has 1 spiro atoms. The zero-order valence-electron chi connectivity index (χ0n) is 25.5. The Hall–Kier alpha value is -5.61. The van der Waals surface area contributed by atoms with Crippen molar-refractivity contribution in [1.29, 1.82) is 15.8 Å². The number of hydrogen-bond acceptors (Lipinski definition) is 7. The van der Waals surface area contributed by atoms with Gasteiger partial charge >= 0.3 is 0 Å². The Bertz CT molecular complexity index is 2270. The van der Waals surface area contributed by atoms with Gasteiger partial charge in [-0.2, -0.15) is 15.8 Å². The van der Waals surface area contributed by atoms with Gasteiger partial charge in [0, 0.05) is 52.9 Å². The highest BCUT2D eigenvalue weighted by Gasteiger charge is 2.48. The molecular formula is C40H23N3O2S2Si. The topological polar surface area (TPSA) is 106 Å². The van der Waals surface area contributed by atoms with Gasteiger partial charge in [-0.05, 0) is 57.9 Å². The molecule has 4 aliphatic rings. The highest BCUT2D eigenvalue weighted by Crippen LogP contribution is 2.47. The number of nitriles is 3.